The first-order valence-electron chi connectivity index (χ1n) is 12.6. The molecule has 1 aliphatic rings. The van der Waals surface area contributed by atoms with Crippen LogP contribution in [-0.2, 0) is 24.4 Å². The van der Waals surface area contributed by atoms with E-state index in [0.29, 0.717) is 35.5 Å². The van der Waals surface area contributed by atoms with Crippen molar-refractivity contribution in [3.63, 3.8) is 0 Å². The molecule has 1 aliphatic heterocycles. The Morgan fingerprint density at radius 2 is 2.05 bits per heavy atom. The van der Waals surface area contributed by atoms with Crippen LogP contribution < -0.4 is 4.74 Å². The number of nitrogens with zero attached hydrogens (tertiary/aromatic N) is 5. The van der Waals surface area contributed by atoms with Gasteiger partial charge in [-0.3, -0.25) is 4.90 Å². The van der Waals surface area contributed by atoms with Crippen LogP contribution in [0.2, 0.25) is 0 Å². The minimum atomic E-state index is -0.962. The summed E-state index contributed by atoms with van der Waals surface area (Å²) in [5.74, 6) is 0.226. The number of piperidine rings is 1. The topological polar surface area (TPSA) is 94.1 Å². The van der Waals surface area contributed by atoms with Crippen molar-refractivity contribution in [3.05, 3.63) is 81.7 Å². The van der Waals surface area contributed by atoms with Crippen LogP contribution in [0.4, 0.5) is 9.39 Å². The lowest BCUT2D eigenvalue weighted by Crippen LogP contribution is -2.33. The molecule has 4 heterocycles. The van der Waals surface area contributed by atoms with Gasteiger partial charge in [0.1, 0.15) is 18.2 Å². The summed E-state index contributed by atoms with van der Waals surface area (Å²) in [7, 11) is 1.65. The number of carbonyl (C=O) groups is 1. The zero-order chi connectivity index (χ0) is 27.4. The first-order valence-corrected chi connectivity index (χ1v) is 13.5. The zero-order valence-corrected chi connectivity index (χ0v) is 22.3. The molecular weight excluding hydrogens is 521 g/mol. The number of carboxylic acid groups (broad SMARTS) is 1. The number of fused-ring (bicyclic) bond motifs is 1. The number of hydrogen-bond acceptors (Lipinski definition) is 7. The lowest BCUT2D eigenvalue weighted by Gasteiger charge is -2.31. The maximum atomic E-state index is 14.0. The number of aromatic nitrogens is 3. The van der Waals surface area contributed by atoms with Crippen molar-refractivity contribution in [2.75, 3.05) is 26.8 Å². The molecule has 1 aromatic carbocycles. The molecule has 9 nitrogen and oxygen atoms in total. The second-order valence-corrected chi connectivity index (χ2v) is 10.5. The van der Waals surface area contributed by atoms with Gasteiger partial charge in [-0.05, 0) is 56.3 Å². The monoisotopic (exact) mass is 549 g/mol. The molecule has 0 saturated carbocycles. The summed E-state index contributed by atoms with van der Waals surface area (Å²) in [6, 6.07) is 11.9. The van der Waals surface area contributed by atoms with Crippen LogP contribution in [0.25, 0.3) is 15.9 Å². The van der Waals surface area contributed by atoms with Crippen molar-refractivity contribution in [2.45, 2.75) is 38.5 Å². The maximum Gasteiger partial charge on any atom is 0.335 e. The number of benzene rings is 1. The summed E-state index contributed by atoms with van der Waals surface area (Å²) >= 11 is 1.09. The number of methoxy groups -OCH3 is 1. The molecule has 5 rings (SSSR count). The Bertz CT molecular complexity index is 1520. The third-order valence-corrected chi connectivity index (χ3v) is 7.89. The molecule has 3 aromatic heterocycles. The van der Waals surface area contributed by atoms with Gasteiger partial charge in [-0.15, -0.1) is 0 Å². The van der Waals surface area contributed by atoms with Gasteiger partial charge in [0.25, 0.3) is 0 Å². The van der Waals surface area contributed by atoms with E-state index in [2.05, 4.69) is 19.3 Å². The SMILES string of the molecule is [C-]#[N+]c1cc(F)c(COc2cccc(C3CCN(Cc4nc5ccc(C(=O)O)cc5n4CCOC)CC3)n2)s1. The Kier molecular flexibility index (Phi) is 8.16. The standard InChI is InChI=1S/C28H28FN5O4S/c1-30-27-15-20(29)24(39-27)17-38-26-5-3-4-21(32-26)18-8-10-33(11-9-18)16-25-31-22-7-6-19(28(35)36)14-23(22)34(25)12-13-37-2/h3-7,14-15,18H,8-13,16-17H2,2H3,(H,35,36). The lowest BCUT2D eigenvalue weighted by molar-refractivity contribution is 0.0697. The molecule has 0 atom stereocenters. The number of rotatable bonds is 10. The summed E-state index contributed by atoms with van der Waals surface area (Å²) in [5.41, 5.74) is 2.76. The van der Waals surface area contributed by atoms with E-state index in [4.69, 9.17) is 21.0 Å². The summed E-state index contributed by atoms with van der Waals surface area (Å²) in [4.78, 5) is 27.0. The van der Waals surface area contributed by atoms with Crippen molar-refractivity contribution >= 4 is 33.3 Å². The highest BCUT2D eigenvalue weighted by atomic mass is 32.1. The molecule has 0 amide bonds. The van der Waals surface area contributed by atoms with Gasteiger partial charge in [-0.25, -0.2) is 24.0 Å². The summed E-state index contributed by atoms with van der Waals surface area (Å²) < 4.78 is 27.1. The molecule has 0 unspecified atom stereocenters. The van der Waals surface area contributed by atoms with Gasteiger partial charge < -0.3 is 19.1 Å². The fourth-order valence-corrected chi connectivity index (χ4v) is 5.60. The molecule has 1 N–H and O–H groups in total. The van der Waals surface area contributed by atoms with E-state index >= 15 is 0 Å². The number of imidazole rings is 1. The number of halogens is 1. The molecule has 0 spiro atoms. The number of ether oxygens (including phenoxy) is 2. The second kappa shape index (κ2) is 11.9. The molecule has 4 aromatic rings. The Labute approximate surface area is 229 Å². The quantitative estimate of drug-likeness (QED) is 0.262. The van der Waals surface area contributed by atoms with Crippen LogP contribution in [0, 0.1) is 12.4 Å². The van der Waals surface area contributed by atoms with Crippen LogP contribution in [-0.4, -0.2) is 57.3 Å². The van der Waals surface area contributed by atoms with Crippen LogP contribution >= 0.6 is 11.3 Å². The Morgan fingerprint density at radius 1 is 1.23 bits per heavy atom. The van der Waals surface area contributed by atoms with Gasteiger partial charge in [0.2, 0.25) is 10.9 Å². The number of carboxylic acids is 1. The van der Waals surface area contributed by atoms with E-state index in [1.807, 2.05) is 12.1 Å². The van der Waals surface area contributed by atoms with Crippen LogP contribution in [0.5, 0.6) is 5.88 Å². The third kappa shape index (κ3) is 6.09. The molecule has 1 saturated heterocycles. The maximum absolute atomic E-state index is 14.0. The normalized spacial score (nSPS) is 14.5. The van der Waals surface area contributed by atoms with Crippen molar-refractivity contribution in [1.29, 1.82) is 0 Å². The highest BCUT2D eigenvalue weighted by Gasteiger charge is 2.24. The fourth-order valence-electron chi connectivity index (χ4n) is 4.87. The number of likely N-dealkylation sites (tertiary alicyclic amines) is 1. The molecule has 11 heteroatoms. The molecule has 39 heavy (non-hydrogen) atoms. The predicted octanol–water partition coefficient (Wildman–Crippen LogP) is 5.49. The zero-order valence-electron chi connectivity index (χ0n) is 21.5. The van der Waals surface area contributed by atoms with Gasteiger partial charge in [0, 0.05) is 31.3 Å². The van der Waals surface area contributed by atoms with E-state index in [1.165, 1.54) is 6.07 Å². The van der Waals surface area contributed by atoms with E-state index in [0.717, 1.165) is 59.8 Å². The Hall–Kier alpha value is -3.85. The Morgan fingerprint density at radius 3 is 2.77 bits per heavy atom. The smallest absolute Gasteiger partial charge is 0.335 e. The highest BCUT2D eigenvalue weighted by Crippen LogP contribution is 2.31. The van der Waals surface area contributed by atoms with Gasteiger partial charge in [0.05, 0.1) is 41.2 Å². The Balaban J connectivity index is 1.23. The number of aromatic carboxylic acids is 1. The second-order valence-electron chi connectivity index (χ2n) is 9.39. The first kappa shape index (κ1) is 26.7. The van der Waals surface area contributed by atoms with E-state index in [9.17, 15) is 14.3 Å². The van der Waals surface area contributed by atoms with Gasteiger partial charge in [0.15, 0.2) is 0 Å². The molecule has 0 radical (unpaired) electrons. The third-order valence-electron chi connectivity index (χ3n) is 6.91. The number of hydrogen-bond donors (Lipinski definition) is 1. The summed E-state index contributed by atoms with van der Waals surface area (Å²) in [6.45, 7) is 10.6. The highest BCUT2D eigenvalue weighted by molar-refractivity contribution is 7.16. The average Bonchev–Trinajstić information content (AvgIpc) is 3.49. The summed E-state index contributed by atoms with van der Waals surface area (Å²) in [5, 5.41) is 9.72. The van der Waals surface area contributed by atoms with Gasteiger partial charge in [-0.1, -0.05) is 6.07 Å². The van der Waals surface area contributed by atoms with E-state index in [1.54, 1.807) is 31.4 Å². The van der Waals surface area contributed by atoms with E-state index < -0.39 is 11.8 Å². The molecule has 202 valence electrons. The van der Waals surface area contributed by atoms with Crippen molar-refractivity contribution in [3.8, 4) is 5.88 Å². The number of thiophene rings is 1. The van der Waals surface area contributed by atoms with Crippen molar-refractivity contribution in [1.82, 2.24) is 19.4 Å². The van der Waals surface area contributed by atoms with Crippen LogP contribution in [0.1, 0.15) is 45.5 Å². The number of pyridine rings is 1. The van der Waals surface area contributed by atoms with Crippen LogP contribution in [0.3, 0.4) is 0 Å². The lowest BCUT2D eigenvalue weighted by atomic mass is 9.93. The van der Waals surface area contributed by atoms with Crippen molar-refractivity contribution < 1.29 is 23.8 Å². The van der Waals surface area contributed by atoms with E-state index in [-0.39, 0.29) is 18.1 Å². The molecule has 1 fully saturated rings. The minimum absolute atomic E-state index is 0.0406. The molecular formula is C28H28FN5O4S. The largest absolute Gasteiger partial charge is 0.478 e. The molecule has 0 bridgehead atoms. The minimum Gasteiger partial charge on any atom is -0.478 e. The summed E-state index contributed by atoms with van der Waals surface area (Å²) in [6.07, 6.45) is 1.84. The van der Waals surface area contributed by atoms with Gasteiger partial charge in [-0.2, -0.15) is 11.3 Å². The van der Waals surface area contributed by atoms with Gasteiger partial charge >= 0.3 is 5.97 Å². The van der Waals surface area contributed by atoms with Crippen molar-refractivity contribution in [2.24, 2.45) is 0 Å². The average molecular weight is 550 g/mol. The first-order chi connectivity index (χ1) is 18.9. The molecule has 0 aliphatic carbocycles. The fraction of sp³-hybridized carbons (Fsp3) is 0.357. The predicted molar refractivity (Wildman–Crippen MR) is 145 cm³/mol. The van der Waals surface area contributed by atoms with Crippen LogP contribution in [0.15, 0.2) is 42.5 Å².